The predicted molar refractivity (Wildman–Crippen MR) is 568 cm³/mol. The summed E-state index contributed by atoms with van der Waals surface area (Å²) in [6, 6.07) is 1.52. The molecule has 2 saturated carbocycles. The molecule has 3 fully saturated rings. The van der Waals surface area contributed by atoms with Gasteiger partial charge in [-0.2, -0.15) is 20.4 Å². The Morgan fingerprint density at radius 2 is 0.930 bits per heavy atom. The second kappa shape index (κ2) is 50.1. The molecule has 0 amide bonds. The Kier molecular flexibility index (Phi) is 43.2. The maximum Gasteiger partial charge on any atom is 0.225 e. The van der Waals surface area contributed by atoms with Crippen molar-refractivity contribution < 1.29 is 66.8 Å². The van der Waals surface area contributed by atoms with E-state index in [1.54, 1.807) is 26.4 Å². The van der Waals surface area contributed by atoms with Crippen molar-refractivity contribution in [3.8, 4) is 11.4 Å². The minimum Gasteiger partial charge on any atom is -0.498 e. The summed E-state index contributed by atoms with van der Waals surface area (Å²) in [6.07, 6.45) is 37.8. The molecule has 790 valence electrons. The number of methoxy groups -OCH3 is 3. The first-order valence-electron chi connectivity index (χ1n) is 50.3. The average molecular weight is 1990 g/mol. The van der Waals surface area contributed by atoms with Crippen molar-refractivity contribution in [2.24, 2.45) is 38.3 Å². The number of rotatable bonds is 12. The average Bonchev–Trinajstić information content (AvgIpc) is 1.56. The van der Waals surface area contributed by atoms with Crippen molar-refractivity contribution in [1.82, 2.24) is 64.3 Å². The third-order valence-corrected chi connectivity index (χ3v) is 26.4. The van der Waals surface area contributed by atoms with Gasteiger partial charge in [-0.25, -0.2) is 9.97 Å². The van der Waals surface area contributed by atoms with Crippen LogP contribution >= 0.6 is 12.4 Å². The van der Waals surface area contributed by atoms with E-state index >= 15 is 0 Å². The quantitative estimate of drug-likeness (QED) is 0.0343. The van der Waals surface area contributed by atoms with E-state index in [1.807, 2.05) is 153 Å². The van der Waals surface area contributed by atoms with Gasteiger partial charge in [0.1, 0.15) is 40.5 Å². The number of halogens is 1. The topological polar surface area (TPSA) is 371 Å². The van der Waals surface area contributed by atoms with Gasteiger partial charge in [0.15, 0.2) is 40.4 Å². The number of allylic oxidation sites excluding steroid dienone is 10. The number of ether oxygens (including phenoxy) is 5. The number of nitrogens with zero attached hydrogens (tertiary/aromatic N) is 12. The van der Waals surface area contributed by atoms with Crippen LogP contribution in [-0.2, 0) is 85.3 Å². The molecule has 11 aliphatic rings. The maximum atomic E-state index is 12.7. The molecule has 2 unspecified atom stereocenters. The van der Waals surface area contributed by atoms with Crippen LogP contribution in [-0.4, -0.2) is 185 Å². The van der Waals surface area contributed by atoms with E-state index in [4.69, 9.17) is 35.3 Å². The number of hydrogen-bond donors (Lipinski definition) is 3. The molecule has 0 aromatic carbocycles. The van der Waals surface area contributed by atoms with Gasteiger partial charge in [-0.05, 0) is 212 Å². The maximum absolute atomic E-state index is 12.7. The molecule has 142 heavy (non-hydrogen) atoms. The van der Waals surface area contributed by atoms with Crippen LogP contribution in [0.2, 0.25) is 0 Å². The molecule has 5 aromatic rings. The lowest BCUT2D eigenvalue weighted by molar-refractivity contribution is -0.133. The minimum atomic E-state index is -0.108. The zero-order valence-electron chi connectivity index (χ0n) is 93.4. The van der Waals surface area contributed by atoms with Crippen LogP contribution in [0.25, 0.3) is 17.1 Å². The summed E-state index contributed by atoms with van der Waals surface area (Å²) in [6.45, 7) is 65.9. The number of fused-ring (bicyclic) bond motifs is 7. The summed E-state index contributed by atoms with van der Waals surface area (Å²) in [5, 5.41) is 17.8. The van der Waals surface area contributed by atoms with E-state index in [0.717, 1.165) is 126 Å². The Morgan fingerprint density at radius 3 is 1.39 bits per heavy atom. The molecular weight excluding hydrogens is 1810 g/mol. The summed E-state index contributed by atoms with van der Waals surface area (Å²) >= 11 is 0. The standard InChI is InChI=1S/C15H23N3O.C14H19N5.C13H20N2O.C12H18N2O.C12H19NO2.C10H16O2.C9H14O2.2C8H12O2.C8H12O.C3H10N2.ClH/c1-10(2)18-13-12(8-16-18)15(3,4)7-11(14(13)19)9-17(5)6;1-8(2)19-12-10(7-17-19)14(3,4)5-9-6-16-13(15)18-11(9)12;1-9(2)15-12-10(8-14-15)13(3,4)7-6-11(12)16-5;1-8(2)14-11-9(7-13-14)12(3,4)6-5-10(11)15;1-12(2)7-6-10(15-5)11(14)9(12)8-13(3)4;1-4-12-9-5-8(11)6-10(2,3)7-9;1-9(2)5-4-8(11-3)7(10)6-9;1-8(2)3-5(9)7-6(4-8)10-7;1-8(2)4-6(9)3-7(10)5-8;1-8(2)5-3-4-7(9)6-8;1-3(2)5-4;/h8-10H,7H2,1-6H3;6-8H,5H2,1-4H3,(H2,15,16,18);6,8-9H,7H2,1-5H3;7-8H,5-6H2,1-4H3;6,8H,7H2,1-5H3;5H,4,6-7H2,1-3H3;4H,5-6H2,1-3H3;6-7H,3-4H2,1-2H3;3-5H2,1-2H3;3-4H,5-6H2,1-2H3;3,5H,4H2,1-2H3;1H/b11-9-;;;;9-8-;;;;;;;. The lowest BCUT2D eigenvalue weighted by Gasteiger charge is -2.31. The molecule has 0 radical (unpaired) electrons. The highest BCUT2D eigenvalue weighted by atomic mass is 35.5. The Bertz CT molecular complexity index is 5460. The lowest BCUT2D eigenvalue weighted by atomic mass is 9.73. The largest absolute Gasteiger partial charge is 0.498 e. The van der Waals surface area contributed by atoms with E-state index in [1.165, 1.54) is 18.2 Å². The van der Waals surface area contributed by atoms with Gasteiger partial charge in [-0.1, -0.05) is 145 Å². The fraction of sp³-hybridized carbons (Fsp3) is 0.652. The van der Waals surface area contributed by atoms with Gasteiger partial charge in [0.05, 0.1) is 82.4 Å². The molecule has 5 aromatic heterocycles. The van der Waals surface area contributed by atoms with Crippen molar-refractivity contribution in [2.45, 2.75) is 388 Å². The highest BCUT2D eigenvalue weighted by Gasteiger charge is 2.53. The van der Waals surface area contributed by atoms with Gasteiger partial charge in [0.2, 0.25) is 17.5 Å². The minimum absolute atomic E-state index is 0. The van der Waals surface area contributed by atoms with Crippen LogP contribution in [0.1, 0.15) is 396 Å². The van der Waals surface area contributed by atoms with E-state index in [0.29, 0.717) is 92.9 Å². The zero-order chi connectivity index (χ0) is 107. The number of nitrogen functional groups attached to an aromatic ring is 1. The summed E-state index contributed by atoms with van der Waals surface area (Å²) in [5.41, 5.74) is 21.3. The van der Waals surface area contributed by atoms with Gasteiger partial charge in [0.25, 0.3) is 0 Å². The van der Waals surface area contributed by atoms with Crippen LogP contribution in [0.3, 0.4) is 0 Å². The van der Waals surface area contributed by atoms with E-state index < -0.39 is 0 Å². The van der Waals surface area contributed by atoms with Crippen molar-refractivity contribution in [1.29, 1.82) is 0 Å². The number of hydrazine groups is 1. The number of carbonyl (C=O) groups excluding carboxylic acids is 9. The molecule has 10 aliphatic carbocycles. The molecule has 29 nitrogen and oxygen atoms in total. The summed E-state index contributed by atoms with van der Waals surface area (Å²) in [5.74, 6) is 9.50. The van der Waals surface area contributed by atoms with E-state index in [-0.39, 0.29) is 144 Å². The van der Waals surface area contributed by atoms with Gasteiger partial charge >= 0.3 is 0 Å². The molecule has 0 bridgehead atoms. The number of epoxide rings is 1. The number of hydrogen-bond acceptors (Lipinski definition) is 25. The molecule has 0 spiro atoms. The van der Waals surface area contributed by atoms with Crippen molar-refractivity contribution in [3.63, 3.8) is 0 Å². The molecule has 6 heterocycles. The third kappa shape index (κ3) is 34.3. The number of Topliss-reactive ketones (excluding diaryl/α,β-unsaturated/α-hetero) is 7. The Morgan fingerprint density at radius 1 is 0.479 bits per heavy atom. The molecule has 16 rings (SSSR count). The number of nitrogens with one attached hydrogen (secondary N) is 1. The highest BCUT2D eigenvalue weighted by molar-refractivity contribution is 6.10. The first-order valence-corrected chi connectivity index (χ1v) is 50.3. The first kappa shape index (κ1) is 122. The Balaban J connectivity index is 0.000000279. The fourth-order valence-corrected chi connectivity index (χ4v) is 18.8. The van der Waals surface area contributed by atoms with Crippen molar-refractivity contribution in [2.75, 3.05) is 61.9 Å². The monoisotopic (exact) mass is 1990 g/mol. The van der Waals surface area contributed by atoms with Crippen molar-refractivity contribution >= 4 is 76.2 Å². The molecule has 30 heteroatoms. The number of anilines is 1. The normalized spacial score (nSPS) is 21.6. The van der Waals surface area contributed by atoms with E-state index in [9.17, 15) is 43.2 Å². The summed E-state index contributed by atoms with van der Waals surface area (Å²) < 4.78 is 33.7. The number of nitrogens with two attached hydrogens (primary N) is 2. The zero-order valence-corrected chi connectivity index (χ0v) is 94.2. The Hall–Kier alpha value is -10.1. The highest BCUT2D eigenvalue weighted by Crippen LogP contribution is 2.48. The van der Waals surface area contributed by atoms with Gasteiger partial charge in [-0.15, -0.1) is 12.4 Å². The second-order valence-corrected chi connectivity index (χ2v) is 48.2. The van der Waals surface area contributed by atoms with Gasteiger partial charge < -0.3 is 39.2 Å². The fourth-order valence-electron chi connectivity index (χ4n) is 18.8. The second-order valence-electron chi connectivity index (χ2n) is 48.2. The van der Waals surface area contributed by atoms with Crippen LogP contribution in [0.15, 0.2) is 108 Å². The molecule has 1 aliphatic heterocycles. The molecule has 5 N–H and O–H groups in total. The molecule has 2 atom stereocenters. The summed E-state index contributed by atoms with van der Waals surface area (Å²) in [4.78, 5) is 115. The number of ketones is 9. The predicted octanol–water partition coefficient (Wildman–Crippen LogP) is 21.8. The van der Waals surface area contributed by atoms with Crippen LogP contribution in [0, 0.1) is 32.5 Å². The van der Waals surface area contributed by atoms with Gasteiger partial charge in [0, 0.05) is 168 Å². The Labute approximate surface area is 855 Å². The van der Waals surface area contributed by atoms with Crippen LogP contribution in [0.4, 0.5) is 5.95 Å². The van der Waals surface area contributed by atoms with Crippen molar-refractivity contribution in [3.05, 3.63) is 153 Å². The first-order chi connectivity index (χ1) is 65.0. The number of carbonyl (C=O) groups is 9. The van der Waals surface area contributed by atoms with Gasteiger partial charge in [-0.3, -0.25) is 73.1 Å². The number of aromatic nitrogens is 10. The molecule has 1 saturated heterocycles. The molecular formula is C112H176ClN15O14. The summed E-state index contributed by atoms with van der Waals surface area (Å²) in [7, 11) is 12.5. The van der Waals surface area contributed by atoms with Crippen LogP contribution in [0.5, 0.6) is 0 Å². The van der Waals surface area contributed by atoms with E-state index in [2.05, 4.69) is 222 Å². The third-order valence-electron chi connectivity index (χ3n) is 26.4. The smallest absolute Gasteiger partial charge is 0.225 e. The SMILES string of the molecule is CC(C)NN.CC(C)n1ncc2c1-c1nc(N)ncc1CC2(C)C.CC(C)n1ncc2c1C(=O)/C(=C\N(C)C)CC2(C)C.CC(C)n1ncc2c1C(=O)CCC2(C)C.CC1(C)CC(=O)C2OC2C1.CC1(C)CC(=O)CC(=O)C1.CC1(C)CC=CC(=O)C1.CCOC1=CC(=O)CC(C)(C)C1.COC1=CCC(C)(C)/C(=C\N(C)C)C1=O.COC1=CCC(C)(C)CC1=O.COC1=CCC(C)(C)c2cnn(C(C)C)c21.Cl. The van der Waals surface area contributed by atoms with Crippen LogP contribution < -0.4 is 17.0 Å². The lowest BCUT2D eigenvalue weighted by Crippen LogP contribution is -2.31.